The maximum atomic E-state index is 11.2. The van der Waals surface area contributed by atoms with Crippen molar-refractivity contribution in [2.45, 2.75) is 25.0 Å². The van der Waals surface area contributed by atoms with Crippen LogP contribution in [-0.4, -0.2) is 19.9 Å². The molecule has 2 atom stereocenters. The molecule has 0 radical (unpaired) electrons. The van der Waals surface area contributed by atoms with Crippen LogP contribution in [0.5, 0.6) is 17.5 Å². The number of hydrogen-bond donors (Lipinski definition) is 3. The average Bonchev–Trinajstić information content (AvgIpc) is 3.49. The van der Waals surface area contributed by atoms with Crippen molar-refractivity contribution in [1.29, 1.82) is 0 Å². The van der Waals surface area contributed by atoms with Gasteiger partial charge in [0.15, 0.2) is 0 Å². The molecule has 1 aromatic heterocycles. The Morgan fingerprint density at radius 3 is 1.58 bits per heavy atom. The summed E-state index contributed by atoms with van der Waals surface area (Å²) in [5.74, 6) is 0.162. The minimum absolute atomic E-state index is 0.00316. The summed E-state index contributed by atoms with van der Waals surface area (Å²) in [4.78, 5) is 0. The lowest BCUT2D eigenvalue weighted by molar-refractivity contribution is 0.0683. The first-order valence-corrected chi connectivity index (χ1v) is 10.4. The van der Waals surface area contributed by atoms with E-state index in [4.69, 9.17) is 4.74 Å². The fourth-order valence-corrected chi connectivity index (χ4v) is 4.95. The predicted molar refractivity (Wildman–Crippen MR) is 117 cm³/mol. The van der Waals surface area contributed by atoms with E-state index in [1.54, 1.807) is 12.1 Å². The maximum absolute atomic E-state index is 11.2. The molecular formula is C26H21NO4. The topological polar surface area (TPSA) is 74.9 Å². The van der Waals surface area contributed by atoms with Crippen molar-refractivity contribution in [3.05, 3.63) is 83.9 Å². The normalized spacial score (nSPS) is 19.0. The van der Waals surface area contributed by atoms with Gasteiger partial charge in [-0.2, -0.15) is 0 Å². The number of fused-ring (bicyclic) bond motifs is 5. The van der Waals surface area contributed by atoms with Crippen molar-refractivity contribution >= 4 is 0 Å². The summed E-state index contributed by atoms with van der Waals surface area (Å²) in [5, 5.41) is 33.3. The van der Waals surface area contributed by atoms with E-state index in [9.17, 15) is 15.3 Å². The molecule has 31 heavy (non-hydrogen) atoms. The largest absolute Gasteiger partial charge is 0.507 e. The summed E-state index contributed by atoms with van der Waals surface area (Å²) in [6, 6.07) is 22.8. The number of aromatic hydroxyl groups is 3. The molecule has 0 spiro atoms. The van der Waals surface area contributed by atoms with E-state index in [1.807, 2.05) is 60.7 Å². The first-order valence-electron chi connectivity index (χ1n) is 10.4. The molecule has 0 amide bonds. The van der Waals surface area contributed by atoms with Gasteiger partial charge in [-0.3, -0.25) is 4.57 Å². The molecule has 5 nitrogen and oxygen atoms in total. The van der Waals surface area contributed by atoms with Crippen molar-refractivity contribution in [2.24, 2.45) is 0 Å². The summed E-state index contributed by atoms with van der Waals surface area (Å²) >= 11 is 0. The van der Waals surface area contributed by atoms with Crippen LogP contribution < -0.4 is 0 Å². The van der Waals surface area contributed by atoms with Gasteiger partial charge in [0.25, 0.3) is 0 Å². The second kappa shape index (κ2) is 6.65. The molecule has 0 unspecified atom stereocenters. The second-order valence-electron chi connectivity index (χ2n) is 8.12. The van der Waals surface area contributed by atoms with Gasteiger partial charge in [0.2, 0.25) is 11.8 Å². The van der Waals surface area contributed by atoms with E-state index in [0.717, 1.165) is 24.0 Å². The van der Waals surface area contributed by atoms with Gasteiger partial charge in [0.1, 0.15) is 5.75 Å². The van der Waals surface area contributed by atoms with Crippen LogP contribution in [0.25, 0.3) is 27.9 Å². The monoisotopic (exact) mass is 411 g/mol. The Balaban J connectivity index is 1.62. The lowest BCUT2D eigenvalue weighted by Gasteiger charge is -2.16. The average molecular weight is 411 g/mol. The highest BCUT2D eigenvalue weighted by atomic mass is 16.5. The van der Waals surface area contributed by atoms with Crippen LogP contribution in [-0.2, 0) is 4.74 Å². The first-order chi connectivity index (χ1) is 15.1. The number of hydrogen-bond acceptors (Lipinski definition) is 4. The van der Waals surface area contributed by atoms with E-state index in [0.29, 0.717) is 27.9 Å². The number of rotatable bonds is 3. The van der Waals surface area contributed by atoms with Gasteiger partial charge >= 0.3 is 0 Å². The van der Waals surface area contributed by atoms with Crippen LogP contribution in [0.15, 0.2) is 72.8 Å². The fraction of sp³-hybridized carbons (Fsp3) is 0.154. The molecule has 3 heterocycles. The van der Waals surface area contributed by atoms with E-state index in [-0.39, 0.29) is 29.7 Å². The molecule has 0 saturated carbocycles. The lowest BCUT2D eigenvalue weighted by Crippen LogP contribution is -1.98. The highest BCUT2D eigenvalue weighted by Gasteiger charge is 2.45. The molecule has 5 heteroatoms. The van der Waals surface area contributed by atoms with E-state index in [2.05, 4.69) is 0 Å². The smallest absolute Gasteiger partial charge is 0.205 e. The number of ether oxygens (including phenoxy) is 1. The zero-order valence-electron chi connectivity index (χ0n) is 16.7. The van der Waals surface area contributed by atoms with E-state index >= 15 is 0 Å². The second-order valence-corrected chi connectivity index (χ2v) is 8.12. The standard InChI is InChI=1S/C26H21NO4/c28-24-18(15-7-3-1-4-8-15)13-17(14-19(24)16-9-5-2-6-10-16)27-25(29)22-20-11-12-21(31-20)23(22)26(27)30/h1-10,13-14,20-21,28-30H,11-12H2/t20-,21+. The molecule has 0 aliphatic carbocycles. The predicted octanol–water partition coefficient (Wildman–Crippen LogP) is 5.83. The lowest BCUT2D eigenvalue weighted by atomic mass is 9.95. The molecule has 154 valence electrons. The Bertz CT molecular complexity index is 1200. The fourth-order valence-electron chi connectivity index (χ4n) is 4.95. The zero-order valence-corrected chi connectivity index (χ0v) is 16.7. The third kappa shape index (κ3) is 2.60. The van der Waals surface area contributed by atoms with Gasteiger partial charge in [-0.05, 0) is 36.1 Å². The Hall–Kier alpha value is -3.70. The molecule has 3 aromatic carbocycles. The molecule has 4 aromatic rings. The van der Waals surface area contributed by atoms with Crippen molar-refractivity contribution in [3.63, 3.8) is 0 Å². The van der Waals surface area contributed by atoms with Crippen LogP contribution >= 0.6 is 0 Å². The third-order valence-corrected chi connectivity index (χ3v) is 6.38. The molecular weight excluding hydrogens is 390 g/mol. The van der Waals surface area contributed by atoms with Gasteiger partial charge < -0.3 is 20.1 Å². The third-order valence-electron chi connectivity index (χ3n) is 6.38. The van der Waals surface area contributed by atoms with Crippen LogP contribution in [0.2, 0.25) is 0 Å². The van der Waals surface area contributed by atoms with Crippen molar-refractivity contribution < 1.29 is 20.1 Å². The van der Waals surface area contributed by atoms with E-state index < -0.39 is 0 Å². The van der Waals surface area contributed by atoms with Gasteiger partial charge in [-0.25, -0.2) is 0 Å². The molecule has 2 aliphatic heterocycles. The van der Waals surface area contributed by atoms with Crippen LogP contribution in [0.4, 0.5) is 0 Å². The van der Waals surface area contributed by atoms with Crippen molar-refractivity contribution in [3.8, 4) is 45.5 Å². The van der Waals surface area contributed by atoms with Gasteiger partial charge in [-0.15, -0.1) is 0 Å². The minimum Gasteiger partial charge on any atom is -0.507 e. The highest BCUT2D eigenvalue weighted by molar-refractivity contribution is 5.84. The van der Waals surface area contributed by atoms with Gasteiger partial charge in [-0.1, -0.05) is 60.7 Å². The zero-order chi connectivity index (χ0) is 21.1. The number of nitrogens with zero attached hydrogens (tertiary/aromatic N) is 1. The first kappa shape index (κ1) is 18.1. The number of benzene rings is 3. The molecule has 6 rings (SSSR count). The summed E-state index contributed by atoms with van der Waals surface area (Å²) < 4.78 is 7.34. The molecule has 1 saturated heterocycles. The summed E-state index contributed by atoms with van der Waals surface area (Å²) in [6.07, 6.45) is 1.33. The van der Waals surface area contributed by atoms with E-state index in [1.165, 1.54) is 4.57 Å². The Morgan fingerprint density at radius 1 is 0.677 bits per heavy atom. The van der Waals surface area contributed by atoms with Crippen LogP contribution in [0.3, 0.4) is 0 Å². The Morgan fingerprint density at radius 2 is 1.13 bits per heavy atom. The summed E-state index contributed by atoms with van der Waals surface area (Å²) in [5.41, 5.74) is 4.91. The highest BCUT2D eigenvalue weighted by Crippen LogP contribution is 2.58. The van der Waals surface area contributed by atoms with Crippen molar-refractivity contribution in [1.82, 2.24) is 4.57 Å². The minimum atomic E-state index is -0.175. The SMILES string of the molecule is Oc1c(-c2ccccc2)cc(-n2c(O)c3c(c2O)[C@H]2CC[C@@H]3O2)cc1-c1ccccc1. The Kier molecular flexibility index (Phi) is 3.88. The number of phenolic OH excluding ortho intramolecular Hbond substituents is 1. The maximum Gasteiger partial charge on any atom is 0.205 e. The summed E-state index contributed by atoms with van der Waals surface area (Å²) in [7, 11) is 0. The molecule has 3 N–H and O–H groups in total. The number of aromatic nitrogens is 1. The molecule has 1 fully saturated rings. The van der Waals surface area contributed by atoms with Gasteiger partial charge in [0, 0.05) is 11.1 Å². The number of phenols is 1. The quantitative estimate of drug-likeness (QED) is 0.396. The van der Waals surface area contributed by atoms with Gasteiger partial charge in [0.05, 0.1) is 29.0 Å². The summed E-state index contributed by atoms with van der Waals surface area (Å²) in [6.45, 7) is 0. The van der Waals surface area contributed by atoms with Crippen molar-refractivity contribution in [2.75, 3.05) is 0 Å². The van der Waals surface area contributed by atoms with Crippen LogP contribution in [0, 0.1) is 0 Å². The van der Waals surface area contributed by atoms with Crippen LogP contribution in [0.1, 0.15) is 36.2 Å². The molecule has 2 aliphatic rings. The Labute approximate surface area is 179 Å². The molecule has 2 bridgehead atoms.